The van der Waals surface area contributed by atoms with Crippen molar-refractivity contribution in [3.63, 3.8) is 0 Å². The Balaban J connectivity index is 0.950. The van der Waals surface area contributed by atoms with Crippen molar-refractivity contribution < 1.29 is 19.0 Å². The van der Waals surface area contributed by atoms with Crippen molar-refractivity contribution in [3.8, 4) is 5.75 Å². The van der Waals surface area contributed by atoms with E-state index in [9.17, 15) is 4.79 Å². The number of anilines is 2. The summed E-state index contributed by atoms with van der Waals surface area (Å²) in [6.07, 6.45) is 4.96. The molecule has 248 valence electrons. The number of halogens is 4. The fraction of sp³-hybridized carbons (Fsp3) is 0.333. The number of ether oxygens (including phenoxy) is 3. The van der Waals surface area contributed by atoms with Crippen LogP contribution >= 0.6 is 46.4 Å². The van der Waals surface area contributed by atoms with Crippen LogP contribution in [0.4, 0.5) is 16.2 Å². The fourth-order valence-electron chi connectivity index (χ4n) is 5.65. The topological polar surface area (TPSA) is 93.1 Å². The molecule has 6 rings (SSSR count). The van der Waals surface area contributed by atoms with Crippen molar-refractivity contribution in [1.82, 2.24) is 19.8 Å². The largest absolute Gasteiger partial charge is 0.491 e. The van der Waals surface area contributed by atoms with Gasteiger partial charge in [-0.05, 0) is 48.5 Å². The van der Waals surface area contributed by atoms with E-state index in [0.29, 0.717) is 57.6 Å². The lowest BCUT2D eigenvalue weighted by Gasteiger charge is -2.36. The molecule has 47 heavy (non-hydrogen) atoms. The Hall–Kier alpha value is -3.22. The summed E-state index contributed by atoms with van der Waals surface area (Å²) in [5, 5.41) is 7.39. The zero-order valence-corrected chi connectivity index (χ0v) is 28.4. The Kier molecular flexibility index (Phi) is 11.0. The number of hydrogen-bond donors (Lipinski definition) is 2. The predicted octanol–water partition coefficient (Wildman–Crippen LogP) is 6.79. The number of para-hydroxylation sites is 1. The van der Waals surface area contributed by atoms with Gasteiger partial charge in [0.1, 0.15) is 18.5 Å². The van der Waals surface area contributed by atoms with Crippen LogP contribution in [0.2, 0.25) is 20.1 Å². The van der Waals surface area contributed by atoms with E-state index in [0.717, 1.165) is 44.2 Å². The normalized spacial score (nSPS) is 19.9. The second kappa shape index (κ2) is 15.3. The lowest BCUT2D eigenvalue weighted by atomic mass is 10.1. The summed E-state index contributed by atoms with van der Waals surface area (Å²) in [4.78, 5) is 21.1. The highest BCUT2D eigenvalue weighted by Gasteiger charge is 2.45. The monoisotopic (exact) mass is 718 g/mol. The average Bonchev–Trinajstić information content (AvgIpc) is 3.73. The van der Waals surface area contributed by atoms with Crippen molar-refractivity contribution in [2.75, 3.05) is 62.7 Å². The molecule has 2 atom stereocenters. The van der Waals surface area contributed by atoms with Gasteiger partial charge in [0.15, 0.2) is 0 Å². The van der Waals surface area contributed by atoms with Gasteiger partial charge in [0.2, 0.25) is 5.79 Å². The highest BCUT2D eigenvalue weighted by atomic mass is 35.5. The molecule has 0 radical (unpaired) electrons. The SMILES string of the molecule is O=C(NCCN1CCN(c2ccc(OCC3COC(Cn4ccnc4)(c4ccc(Cl)cc4Cl)O3)cc2)CC1)Nc1c(Cl)cccc1Cl. The highest BCUT2D eigenvalue weighted by Crippen LogP contribution is 2.40. The third kappa shape index (κ3) is 8.45. The summed E-state index contributed by atoms with van der Waals surface area (Å²) in [7, 11) is 0. The smallest absolute Gasteiger partial charge is 0.319 e. The number of carbonyl (C=O) groups excluding carboxylic acids is 1. The summed E-state index contributed by atoms with van der Waals surface area (Å²) < 4.78 is 20.8. The van der Waals surface area contributed by atoms with Crippen molar-refractivity contribution in [3.05, 3.63) is 105 Å². The molecule has 3 heterocycles. The Bertz CT molecular complexity index is 1630. The molecule has 2 amide bonds. The molecule has 2 aliphatic heterocycles. The minimum atomic E-state index is -1.10. The third-order valence-electron chi connectivity index (χ3n) is 8.08. The zero-order chi connectivity index (χ0) is 32.8. The van der Waals surface area contributed by atoms with Gasteiger partial charge in [0.25, 0.3) is 0 Å². The average molecular weight is 720 g/mol. The molecule has 0 aliphatic carbocycles. The number of benzene rings is 3. The maximum Gasteiger partial charge on any atom is 0.319 e. The van der Waals surface area contributed by atoms with Gasteiger partial charge < -0.3 is 34.3 Å². The van der Waals surface area contributed by atoms with Crippen molar-refractivity contribution in [2.45, 2.75) is 18.4 Å². The van der Waals surface area contributed by atoms with E-state index in [4.69, 9.17) is 60.6 Å². The number of hydrogen-bond acceptors (Lipinski definition) is 7. The molecule has 2 fully saturated rings. The predicted molar refractivity (Wildman–Crippen MR) is 185 cm³/mol. The van der Waals surface area contributed by atoms with E-state index >= 15 is 0 Å². The van der Waals surface area contributed by atoms with Crippen LogP contribution in [0, 0.1) is 0 Å². The van der Waals surface area contributed by atoms with E-state index in [1.807, 2.05) is 29.0 Å². The third-order valence-corrected chi connectivity index (χ3v) is 9.25. The van der Waals surface area contributed by atoms with Gasteiger partial charge in [-0.2, -0.15) is 0 Å². The first-order valence-electron chi connectivity index (χ1n) is 15.2. The van der Waals surface area contributed by atoms with Crippen LogP contribution in [0.5, 0.6) is 5.75 Å². The Morgan fingerprint density at radius 2 is 1.74 bits per heavy atom. The lowest BCUT2D eigenvalue weighted by Crippen LogP contribution is -2.48. The number of imidazole rings is 1. The number of piperazine rings is 1. The van der Waals surface area contributed by atoms with Crippen molar-refractivity contribution >= 4 is 63.8 Å². The van der Waals surface area contributed by atoms with Crippen LogP contribution in [-0.4, -0.2) is 79.1 Å². The molecule has 10 nitrogen and oxygen atoms in total. The number of rotatable bonds is 11. The van der Waals surface area contributed by atoms with Gasteiger partial charge in [-0.1, -0.05) is 58.5 Å². The standard InChI is InChI=1S/C33H34Cl4N6O4/c34-23-4-9-27(30(37)18-23)33(21-42-12-10-38-22-42)46-20-26(47-33)19-45-25-7-5-24(6-8-25)43-16-14-41(15-17-43)13-11-39-32(44)40-31-28(35)2-1-3-29(31)36/h1-10,12,18,22,26H,11,13-17,19-21H2,(H2,39,40,44). The van der Waals surface area contributed by atoms with E-state index < -0.39 is 5.79 Å². The first-order valence-corrected chi connectivity index (χ1v) is 16.7. The summed E-state index contributed by atoms with van der Waals surface area (Å²) >= 11 is 25.0. The minimum Gasteiger partial charge on any atom is -0.491 e. The summed E-state index contributed by atoms with van der Waals surface area (Å²) in [5.74, 6) is -0.356. The summed E-state index contributed by atoms with van der Waals surface area (Å²) in [6, 6.07) is 18.1. The second-order valence-electron chi connectivity index (χ2n) is 11.3. The van der Waals surface area contributed by atoms with E-state index in [1.165, 1.54) is 0 Å². The molecule has 14 heteroatoms. The summed E-state index contributed by atoms with van der Waals surface area (Å²) in [5.41, 5.74) is 2.23. The molecule has 0 spiro atoms. The molecular weight excluding hydrogens is 686 g/mol. The lowest BCUT2D eigenvalue weighted by molar-refractivity contribution is -0.189. The molecule has 2 saturated heterocycles. The second-order valence-corrected chi connectivity index (χ2v) is 12.9. The van der Waals surface area contributed by atoms with Gasteiger partial charge in [0.05, 0.1) is 40.2 Å². The summed E-state index contributed by atoms with van der Waals surface area (Å²) in [6.45, 7) is 5.79. The fourth-order valence-corrected chi connectivity index (χ4v) is 6.69. The molecular formula is C33H34Cl4N6O4. The number of amides is 2. The Morgan fingerprint density at radius 1 is 0.979 bits per heavy atom. The maximum atomic E-state index is 12.3. The van der Waals surface area contributed by atoms with Gasteiger partial charge >= 0.3 is 6.03 Å². The number of urea groups is 1. The molecule has 3 aromatic carbocycles. The number of carbonyl (C=O) groups is 1. The van der Waals surface area contributed by atoms with Gasteiger partial charge in [-0.25, -0.2) is 9.78 Å². The first-order chi connectivity index (χ1) is 22.8. The van der Waals surface area contributed by atoms with Crippen LogP contribution in [0.3, 0.4) is 0 Å². The van der Waals surface area contributed by atoms with Crippen LogP contribution in [0.15, 0.2) is 79.4 Å². The molecule has 2 aliphatic rings. The molecule has 4 aromatic rings. The van der Waals surface area contributed by atoms with E-state index in [1.54, 1.807) is 42.9 Å². The molecule has 0 bridgehead atoms. The van der Waals surface area contributed by atoms with Crippen LogP contribution in [0.1, 0.15) is 5.56 Å². The molecule has 2 unspecified atom stereocenters. The Morgan fingerprint density at radius 3 is 2.45 bits per heavy atom. The zero-order valence-electron chi connectivity index (χ0n) is 25.4. The number of nitrogens with zero attached hydrogens (tertiary/aromatic N) is 4. The van der Waals surface area contributed by atoms with Gasteiger partial charge in [-0.15, -0.1) is 0 Å². The molecule has 2 N–H and O–H groups in total. The van der Waals surface area contributed by atoms with Crippen molar-refractivity contribution in [1.29, 1.82) is 0 Å². The molecule has 1 aromatic heterocycles. The van der Waals surface area contributed by atoms with E-state index in [2.05, 4.69) is 37.6 Å². The number of nitrogens with one attached hydrogen (secondary N) is 2. The number of aromatic nitrogens is 2. The first kappa shape index (κ1) is 33.7. The van der Waals surface area contributed by atoms with Crippen LogP contribution < -0.4 is 20.3 Å². The van der Waals surface area contributed by atoms with Gasteiger partial charge in [-0.3, -0.25) is 4.90 Å². The maximum absolute atomic E-state index is 12.3. The Labute approximate surface area is 293 Å². The van der Waals surface area contributed by atoms with Crippen LogP contribution in [-0.2, 0) is 21.8 Å². The van der Waals surface area contributed by atoms with Crippen molar-refractivity contribution in [2.24, 2.45) is 0 Å². The molecule has 0 saturated carbocycles. The van der Waals surface area contributed by atoms with E-state index in [-0.39, 0.29) is 12.1 Å². The quantitative estimate of drug-likeness (QED) is 0.176. The highest BCUT2D eigenvalue weighted by molar-refractivity contribution is 6.39. The van der Waals surface area contributed by atoms with Crippen LogP contribution in [0.25, 0.3) is 0 Å². The van der Waals surface area contributed by atoms with Gasteiger partial charge in [0, 0.05) is 67.9 Å². The minimum absolute atomic E-state index is 0.312.